The molecule has 0 bridgehead atoms. The lowest BCUT2D eigenvalue weighted by Gasteiger charge is -2.34. The molecule has 2 aliphatic heterocycles. The molecule has 1 atom stereocenters. The first-order chi connectivity index (χ1) is 9.95. The van der Waals surface area contributed by atoms with Crippen molar-refractivity contribution in [1.29, 1.82) is 0 Å². The van der Waals surface area contributed by atoms with E-state index in [-0.39, 0.29) is 18.6 Å². The molecule has 0 spiro atoms. The second kappa shape index (κ2) is 5.18. The van der Waals surface area contributed by atoms with E-state index in [0.29, 0.717) is 29.8 Å². The van der Waals surface area contributed by atoms with Crippen LogP contribution in [0.15, 0.2) is 22.7 Å². The van der Waals surface area contributed by atoms with Crippen LogP contribution in [0.25, 0.3) is 0 Å². The van der Waals surface area contributed by atoms with Crippen LogP contribution in [-0.4, -0.2) is 59.3 Å². The van der Waals surface area contributed by atoms with Crippen LogP contribution in [0.2, 0.25) is 0 Å². The minimum atomic E-state index is -0.978. The van der Waals surface area contributed by atoms with Crippen LogP contribution < -0.4 is 4.90 Å². The number of rotatable bonds is 1. The van der Waals surface area contributed by atoms with Gasteiger partial charge in [0.1, 0.15) is 5.82 Å². The van der Waals surface area contributed by atoms with Crippen molar-refractivity contribution in [1.82, 2.24) is 9.80 Å². The molecule has 1 aromatic rings. The van der Waals surface area contributed by atoms with Gasteiger partial charge in [0.2, 0.25) is 0 Å². The molecule has 2 fully saturated rings. The summed E-state index contributed by atoms with van der Waals surface area (Å²) in [6.45, 7) is 1.31. The number of piperazine rings is 1. The predicted molar refractivity (Wildman–Crippen MR) is 76.9 cm³/mol. The fraction of sp³-hybridized carbons (Fsp3) is 0.385. The average molecular weight is 358 g/mol. The van der Waals surface area contributed by atoms with Gasteiger partial charge in [-0.1, -0.05) is 15.9 Å². The SMILES string of the molecule is O=C(O)N1CCN2C(=O)N(c3cc(F)cc(Br)c3)C[C@@H]2C1. The zero-order valence-corrected chi connectivity index (χ0v) is 12.6. The maximum absolute atomic E-state index is 13.5. The Labute approximate surface area is 128 Å². The van der Waals surface area contributed by atoms with E-state index in [1.165, 1.54) is 21.9 Å². The number of carbonyl (C=O) groups excluding carboxylic acids is 1. The van der Waals surface area contributed by atoms with Crippen molar-refractivity contribution in [2.75, 3.05) is 31.1 Å². The molecule has 0 radical (unpaired) electrons. The highest BCUT2D eigenvalue weighted by Crippen LogP contribution is 2.29. The second-order valence-electron chi connectivity index (χ2n) is 5.10. The molecule has 3 rings (SSSR count). The number of urea groups is 1. The van der Waals surface area contributed by atoms with Gasteiger partial charge in [0.05, 0.1) is 6.04 Å². The molecule has 112 valence electrons. The Balaban J connectivity index is 1.83. The quantitative estimate of drug-likeness (QED) is 0.837. The summed E-state index contributed by atoms with van der Waals surface area (Å²) in [5, 5.41) is 9.03. The molecule has 3 amide bonds. The maximum Gasteiger partial charge on any atom is 0.407 e. The smallest absolute Gasteiger partial charge is 0.407 e. The van der Waals surface area contributed by atoms with Gasteiger partial charge in [-0.05, 0) is 18.2 Å². The van der Waals surface area contributed by atoms with Crippen LogP contribution in [0.5, 0.6) is 0 Å². The van der Waals surface area contributed by atoms with Crippen molar-refractivity contribution in [3.05, 3.63) is 28.5 Å². The Morgan fingerprint density at radius 2 is 2.05 bits per heavy atom. The lowest BCUT2D eigenvalue weighted by molar-refractivity contribution is 0.0997. The lowest BCUT2D eigenvalue weighted by atomic mass is 10.2. The summed E-state index contributed by atoms with van der Waals surface area (Å²) in [6.07, 6.45) is -0.978. The van der Waals surface area contributed by atoms with Gasteiger partial charge >= 0.3 is 12.1 Å². The Kier molecular flexibility index (Phi) is 3.48. The van der Waals surface area contributed by atoms with E-state index in [4.69, 9.17) is 5.11 Å². The highest BCUT2D eigenvalue weighted by Gasteiger charge is 2.42. The van der Waals surface area contributed by atoms with Crippen LogP contribution in [0.1, 0.15) is 0 Å². The Bertz CT molecular complexity index is 592. The number of halogens is 2. The van der Waals surface area contributed by atoms with Gasteiger partial charge in [0.25, 0.3) is 0 Å². The van der Waals surface area contributed by atoms with E-state index in [2.05, 4.69) is 15.9 Å². The zero-order chi connectivity index (χ0) is 15.1. The number of nitrogens with zero attached hydrogens (tertiary/aromatic N) is 3. The minimum absolute atomic E-state index is 0.190. The Hall–Kier alpha value is -1.83. The number of fused-ring (bicyclic) bond motifs is 1. The van der Waals surface area contributed by atoms with Gasteiger partial charge in [0.15, 0.2) is 0 Å². The summed E-state index contributed by atoms with van der Waals surface area (Å²) in [5.41, 5.74) is 0.475. The molecule has 2 saturated heterocycles. The second-order valence-corrected chi connectivity index (χ2v) is 6.01. The van der Waals surface area contributed by atoms with Crippen LogP contribution in [0.3, 0.4) is 0 Å². The fourth-order valence-corrected chi connectivity index (χ4v) is 3.25. The lowest BCUT2D eigenvalue weighted by Crippen LogP contribution is -2.53. The largest absolute Gasteiger partial charge is 0.465 e. The number of hydrogen-bond acceptors (Lipinski definition) is 2. The van der Waals surface area contributed by atoms with Gasteiger partial charge in [0, 0.05) is 36.3 Å². The van der Waals surface area contributed by atoms with Crippen molar-refractivity contribution in [2.45, 2.75) is 6.04 Å². The van der Waals surface area contributed by atoms with Crippen molar-refractivity contribution in [3.63, 3.8) is 0 Å². The fourth-order valence-electron chi connectivity index (χ4n) is 2.79. The molecule has 21 heavy (non-hydrogen) atoms. The monoisotopic (exact) mass is 357 g/mol. The van der Waals surface area contributed by atoms with Crippen LogP contribution >= 0.6 is 15.9 Å². The summed E-state index contributed by atoms with van der Waals surface area (Å²) in [4.78, 5) is 27.9. The number of carboxylic acid groups (broad SMARTS) is 1. The average Bonchev–Trinajstić information content (AvgIpc) is 2.74. The van der Waals surface area contributed by atoms with Crippen molar-refractivity contribution in [3.8, 4) is 0 Å². The molecule has 1 N–H and O–H groups in total. The van der Waals surface area contributed by atoms with Gasteiger partial charge < -0.3 is 14.9 Å². The first-order valence-electron chi connectivity index (χ1n) is 6.48. The molecule has 0 saturated carbocycles. The molecule has 0 aliphatic carbocycles. The Morgan fingerprint density at radius 1 is 1.29 bits per heavy atom. The Morgan fingerprint density at radius 3 is 2.71 bits per heavy atom. The van der Waals surface area contributed by atoms with Crippen LogP contribution in [0.4, 0.5) is 19.7 Å². The summed E-state index contributed by atoms with van der Waals surface area (Å²) in [6, 6.07) is 3.90. The number of carbonyl (C=O) groups is 2. The normalized spacial score (nSPS) is 21.7. The van der Waals surface area contributed by atoms with E-state index in [9.17, 15) is 14.0 Å². The number of benzene rings is 1. The molecule has 2 aliphatic rings. The van der Waals surface area contributed by atoms with E-state index in [0.717, 1.165) is 0 Å². The number of anilines is 1. The number of hydrogen-bond donors (Lipinski definition) is 1. The molecule has 1 aromatic carbocycles. The maximum atomic E-state index is 13.5. The van der Waals surface area contributed by atoms with Gasteiger partial charge in [-0.25, -0.2) is 14.0 Å². The first-order valence-corrected chi connectivity index (χ1v) is 7.27. The van der Waals surface area contributed by atoms with Gasteiger partial charge in [-0.2, -0.15) is 0 Å². The molecule has 0 aromatic heterocycles. The zero-order valence-electron chi connectivity index (χ0n) is 11.0. The highest BCUT2D eigenvalue weighted by atomic mass is 79.9. The summed E-state index contributed by atoms with van der Waals surface area (Å²) in [7, 11) is 0. The third-order valence-electron chi connectivity index (χ3n) is 3.78. The van der Waals surface area contributed by atoms with E-state index in [1.807, 2.05) is 0 Å². The van der Waals surface area contributed by atoms with E-state index < -0.39 is 11.9 Å². The highest BCUT2D eigenvalue weighted by molar-refractivity contribution is 9.10. The summed E-state index contributed by atoms with van der Waals surface area (Å²) < 4.78 is 14.0. The summed E-state index contributed by atoms with van der Waals surface area (Å²) in [5.74, 6) is -0.427. The predicted octanol–water partition coefficient (Wildman–Crippen LogP) is 2.19. The van der Waals surface area contributed by atoms with Crippen molar-refractivity contribution < 1.29 is 19.1 Å². The third kappa shape index (κ3) is 2.55. The third-order valence-corrected chi connectivity index (χ3v) is 4.24. The van der Waals surface area contributed by atoms with E-state index >= 15 is 0 Å². The molecule has 2 heterocycles. The van der Waals surface area contributed by atoms with Crippen LogP contribution in [-0.2, 0) is 0 Å². The topological polar surface area (TPSA) is 64.1 Å². The minimum Gasteiger partial charge on any atom is -0.465 e. The first kappa shape index (κ1) is 14.1. The molecule has 8 heteroatoms. The van der Waals surface area contributed by atoms with Gasteiger partial charge in [-0.3, -0.25) is 4.90 Å². The number of amides is 3. The van der Waals surface area contributed by atoms with E-state index in [1.54, 1.807) is 11.0 Å². The molecule has 0 unspecified atom stereocenters. The standard InChI is InChI=1S/C13H13BrFN3O3/c14-8-3-9(15)5-10(4-8)18-7-11-6-16(13(20)21)1-2-17(11)12(18)19/h3-5,11H,1-2,6-7H2,(H,20,21)/t11-/m0/s1. The van der Waals surface area contributed by atoms with Crippen LogP contribution in [0, 0.1) is 5.82 Å². The molecular formula is C13H13BrFN3O3. The van der Waals surface area contributed by atoms with Gasteiger partial charge in [-0.15, -0.1) is 0 Å². The van der Waals surface area contributed by atoms with Crippen molar-refractivity contribution in [2.24, 2.45) is 0 Å². The molecular weight excluding hydrogens is 345 g/mol. The van der Waals surface area contributed by atoms with Crippen molar-refractivity contribution >= 4 is 33.7 Å². The summed E-state index contributed by atoms with van der Waals surface area (Å²) >= 11 is 3.21. The molecule has 6 nitrogen and oxygen atoms in total.